The molecular formula is C11H11B2NO3. The monoisotopic (exact) mass is 227 g/mol. The van der Waals surface area contributed by atoms with Gasteiger partial charge in [-0.1, -0.05) is 0 Å². The second-order valence-corrected chi connectivity index (χ2v) is 3.98. The van der Waals surface area contributed by atoms with Crippen molar-refractivity contribution in [1.82, 2.24) is 5.32 Å². The molecule has 0 fully saturated rings. The Morgan fingerprint density at radius 3 is 2.88 bits per heavy atom. The quantitative estimate of drug-likeness (QED) is 0.589. The zero-order valence-corrected chi connectivity index (χ0v) is 9.53. The van der Waals surface area contributed by atoms with Gasteiger partial charge in [0.05, 0.1) is 7.85 Å². The Kier molecular flexibility index (Phi) is 3.15. The van der Waals surface area contributed by atoms with Gasteiger partial charge in [0.2, 0.25) is 6.79 Å². The second-order valence-electron chi connectivity index (χ2n) is 3.98. The molecule has 4 radical (unpaired) electrons. The van der Waals surface area contributed by atoms with Gasteiger partial charge in [-0.05, 0) is 31.6 Å². The highest BCUT2D eigenvalue weighted by atomic mass is 16.7. The van der Waals surface area contributed by atoms with Crippen LogP contribution < -0.4 is 14.8 Å². The number of nitrogens with one attached hydrogen (secondary N) is 1. The van der Waals surface area contributed by atoms with Gasteiger partial charge in [-0.3, -0.25) is 4.79 Å². The molecule has 1 aliphatic rings. The fourth-order valence-corrected chi connectivity index (χ4v) is 1.63. The van der Waals surface area contributed by atoms with Crippen LogP contribution in [0.5, 0.6) is 11.5 Å². The fraction of sp³-hybridized carbons (Fsp3) is 0.364. The van der Waals surface area contributed by atoms with E-state index in [1.807, 2.05) is 0 Å². The lowest BCUT2D eigenvalue weighted by Gasteiger charge is -2.25. The van der Waals surface area contributed by atoms with Crippen molar-refractivity contribution in [1.29, 1.82) is 0 Å². The van der Waals surface area contributed by atoms with E-state index in [2.05, 4.69) is 5.32 Å². The van der Waals surface area contributed by atoms with Crippen LogP contribution in [0.4, 0.5) is 0 Å². The SMILES string of the molecule is [B]CNC([B])(C)C(=O)c1ccc2c(c1)OCO2. The van der Waals surface area contributed by atoms with Gasteiger partial charge in [0.15, 0.2) is 17.3 Å². The zero-order valence-electron chi connectivity index (χ0n) is 9.53. The van der Waals surface area contributed by atoms with Gasteiger partial charge in [-0.25, -0.2) is 0 Å². The summed E-state index contributed by atoms with van der Waals surface area (Å²) < 4.78 is 10.4. The Balaban J connectivity index is 2.26. The van der Waals surface area contributed by atoms with E-state index in [1.54, 1.807) is 25.1 Å². The van der Waals surface area contributed by atoms with E-state index < -0.39 is 5.44 Å². The Hall–Kier alpha value is -1.42. The number of Topliss-reactive ketones (excluding diaryl/α,β-unsaturated/α-hetero) is 1. The molecule has 1 aromatic carbocycles. The first-order chi connectivity index (χ1) is 8.04. The summed E-state index contributed by atoms with van der Waals surface area (Å²) in [7, 11) is 11.2. The first kappa shape index (κ1) is 12.0. The van der Waals surface area contributed by atoms with Crippen LogP contribution in [-0.4, -0.2) is 40.2 Å². The van der Waals surface area contributed by atoms with Crippen LogP contribution in [0.1, 0.15) is 17.3 Å². The molecule has 1 aliphatic heterocycles. The molecule has 0 bridgehead atoms. The summed E-state index contributed by atoms with van der Waals surface area (Å²) in [6.07, 6.45) is 0.128. The average Bonchev–Trinajstić information content (AvgIpc) is 2.74. The van der Waals surface area contributed by atoms with Crippen LogP contribution in [0.3, 0.4) is 0 Å². The van der Waals surface area contributed by atoms with Gasteiger partial charge >= 0.3 is 0 Å². The molecule has 0 aromatic heterocycles. The Morgan fingerprint density at radius 2 is 2.18 bits per heavy atom. The molecule has 84 valence electrons. The molecule has 0 saturated carbocycles. The Labute approximate surface area is 102 Å². The van der Waals surface area contributed by atoms with E-state index in [9.17, 15) is 4.79 Å². The summed E-state index contributed by atoms with van der Waals surface area (Å²) in [5.41, 5.74) is -0.733. The third-order valence-electron chi connectivity index (χ3n) is 2.58. The molecule has 0 aliphatic carbocycles. The minimum Gasteiger partial charge on any atom is -0.454 e. The summed E-state index contributed by atoms with van der Waals surface area (Å²) in [5, 5.41) is 2.72. The maximum atomic E-state index is 12.1. The minimum atomic E-state index is -1.19. The molecule has 2 rings (SSSR count). The molecule has 1 aromatic rings. The standard InChI is InChI=1S/C11H11B2NO3/c1-11(13,14-5-12)10(15)7-2-3-8-9(4-7)17-6-16-8/h2-4,14H,5-6H2,1H3. The lowest BCUT2D eigenvalue weighted by molar-refractivity contribution is 0.0930. The lowest BCUT2D eigenvalue weighted by atomic mass is 9.73. The van der Waals surface area contributed by atoms with E-state index in [1.165, 1.54) is 0 Å². The molecule has 0 spiro atoms. The lowest BCUT2D eigenvalue weighted by Crippen LogP contribution is -2.50. The molecule has 6 heteroatoms. The first-order valence-corrected chi connectivity index (χ1v) is 5.23. The van der Waals surface area contributed by atoms with E-state index in [0.29, 0.717) is 17.1 Å². The van der Waals surface area contributed by atoms with Gasteiger partial charge in [0.25, 0.3) is 0 Å². The molecule has 1 unspecified atom stereocenters. The molecule has 1 atom stereocenters. The number of ketones is 1. The molecule has 4 nitrogen and oxygen atoms in total. The maximum absolute atomic E-state index is 12.1. The van der Waals surface area contributed by atoms with Gasteiger partial charge in [-0.15, -0.1) is 0 Å². The number of carbonyl (C=O) groups is 1. The highest BCUT2D eigenvalue weighted by Crippen LogP contribution is 2.33. The van der Waals surface area contributed by atoms with Crippen LogP contribution in [0.25, 0.3) is 0 Å². The normalized spacial score (nSPS) is 16.5. The maximum Gasteiger partial charge on any atom is 0.231 e. The predicted molar refractivity (Wildman–Crippen MR) is 64.8 cm³/mol. The highest BCUT2D eigenvalue weighted by molar-refractivity contribution is 6.32. The fourth-order valence-electron chi connectivity index (χ4n) is 1.63. The summed E-state index contributed by atoms with van der Waals surface area (Å²) in [5.74, 6) is 0.938. The van der Waals surface area contributed by atoms with E-state index in [0.717, 1.165) is 0 Å². The van der Waals surface area contributed by atoms with Crippen LogP contribution >= 0.6 is 0 Å². The minimum absolute atomic E-state index is 0.128. The van der Waals surface area contributed by atoms with Crippen molar-refractivity contribution < 1.29 is 14.3 Å². The first-order valence-electron chi connectivity index (χ1n) is 5.23. The van der Waals surface area contributed by atoms with Crippen LogP contribution in [0.15, 0.2) is 18.2 Å². The zero-order chi connectivity index (χ0) is 12.5. The highest BCUT2D eigenvalue weighted by Gasteiger charge is 2.27. The van der Waals surface area contributed by atoms with Crippen molar-refractivity contribution in [3.05, 3.63) is 23.8 Å². The van der Waals surface area contributed by atoms with E-state index >= 15 is 0 Å². The van der Waals surface area contributed by atoms with Crippen molar-refractivity contribution in [3.63, 3.8) is 0 Å². The second kappa shape index (κ2) is 4.45. The number of fused-ring (bicyclic) bond motifs is 1. The third-order valence-corrected chi connectivity index (χ3v) is 2.58. The topological polar surface area (TPSA) is 47.6 Å². The van der Waals surface area contributed by atoms with Crippen molar-refractivity contribution in [2.75, 3.05) is 13.2 Å². The number of rotatable bonds is 4. The van der Waals surface area contributed by atoms with Crippen LogP contribution in [0, 0.1) is 0 Å². The summed E-state index contributed by atoms with van der Waals surface area (Å²) >= 11 is 0. The van der Waals surface area contributed by atoms with Crippen LogP contribution in [0.2, 0.25) is 0 Å². The molecule has 0 amide bonds. The Bertz CT molecular complexity index is 448. The summed E-state index contributed by atoms with van der Waals surface area (Å²) in [6.45, 7) is 1.75. The summed E-state index contributed by atoms with van der Waals surface area (Å²) in [6, 6.07) is 4.96. The molecular weight excluding hydrogens is 216 g/mol. The molecule has 1 N–H and O–H groups in total. The van der Waals surface area contributed by atoms with Gasteiger partial charge in [0.1, 0.15) is 7.85 Å². The predicted octanol–water partition coefficient (Wildman–Crippen LogP) is 0.198. The molecule has 0 saturated heterocycles. The number of benzene rings is 1. The van der Waals surface area contributed by atoms with Crippen LogP contribution in [-0.2, 0) is 0 Å². The van der Waals surface area contributed by atoms with Crippen molar-refractivity contribution in [3.8, 4) is 11.5 Å². The van der Waals surface area contributed by atoms with Gasteiger partial charge in [-0.2, -0.15) is 0 Å². The van der Waals surface area contributed by atoms with Crippen molar-refractivity contribution in [2.24, 2.45) is 0 Å². The average molecular weight is 227 g/mol. The number of carbonyl (C=O) groups excluding carboxylic acids is 1. The number of hydrogen-bond donors (Lipinski definition) is 1. The molecule has 1 heterocycles. The number of ether oxygens (including phenoxy) is 2. The van der Waals surface area contributed by atoms with E-state index in [4.69, 9.17) is 25.2 Å². The van der Waals surface area contributed by atoms with Crippen molar-refractivity contribution >= 4 is 21.5 Å². The van der Waals surface area contributed by atoms with Gasteiger partial charge in [0, 0.05) is 11.0 Å². The van der Waals surface area contributed by atoms with Crippen molar-refractivity contribution in [2.45, 2.75) is 12.4 Å². The van der Waals surface area contributed by atoms with Gasteiger partial charge < -0.3 is 14.8 Å². The Morgan fingerprint density at radius 1 is 1.47 bits per heavy atom. The number of hydrogen-bond acceptors (Lipinski definition) is 4. The van der Waals surface area contributed by atoms with E-state index in [-0.39, 0.29) is 19.0 Å². The smallest absolute Gasteiger partial charge is 0.231 e. The summed E-state index contributed by atoms with van der Waals surface area (Å²) in [4.78, 5) is 12.1. The molecule has 17 heavy (non-hydrogen) atoms. The largest absolute Gasteiger partial charge is 0.454 e. The third kappa shape index (κ3) is 2.31.